The second kappa shape index (κ2) is 9.04. The van der Waals surface area contributed by atoms with Gasteiger partial charge in [0, 0.05) is 37.3 Å². The Morgan fingerprint density at radius 2 is 2.09 bits per heavy atom. The van der Waals surface area contributed by atoms with Crippen molar-refractivity contribution in [1.82, 2.24) is 25.0 Å². The molecule has 3 N–H and O–H groups in total. The van der Waals surface area contributed by atoms with Crippen molar-refractivity contribution in [2.24, 2.45) is 0 Å². The van der Waals surface area contributed by atoms with Crippen LogP contribution in [0.25, 0.3) is 10.9 Å². The molecular formula is C24H32N6O2S. The molecule has 2 aromatic heterocycles. The Kier molecular flexibility index (Phi) is 6.11. The molecule has 1 aliphatic heterocycles. The fourth-order valence-electron chi connectivity index (χ4n) is 5.15. The van der Waals surface area contributed by atoms with Crippen LogP contribution in [0.3, 0.4) is 0 Å². The second-order valence-corrected chi connectivity index (χ2v) is 10.3. The van der Waals surface area contributed by atoms with E-state index in [1.807, 2.05) is 4.68 Å². The SMILES string of the molecule is CCn1nc(NCC(=O)NC2CN([C@H]3CC[C@@](O)(c4cncs4)CC3)C2)c2cc(C)ccc21. The molecule has 8 nitrogen and oxygen atoms in total. The Labute approximate surface area is 198 Å². The van der Waals surface area contributed by atoms with Crippen molar-refractivity contribution in [3.05, 3.63) is 40.3 Å². The van der Waals surface area contributed by atoms with E-state index in [9.17, 15) is 9.90 Å². The molecule has 33 heavy (non-hydrogen) atoms. The van der Waals surface area contributed by atoms with Crippen LogP contribution < -0.4 is 10.6 Å². The molecule has 9 heteroatoms. The summed E-state index contributed by atoms with van der Waals surface area (Å²) in [6.07, 6.45) is 5.29. The van der Waals surface area contributed by atoms with Gasteiger partial charge in [-0.05, 0) is 51.7 Å². The van der Waals surface area contributed by atoms with Crippen molar-refractivity contribution < 1.29 is 9.90 Å². The van der Waals surface area contributed by atoms with Gasteiger partial charge in [0.25, 0.3) is 0 Å². The maximum Gasteiger partial charge on any atom is 0.239 e. The number of hydrogen-bond acceptors (Lipinski definition) is 7. The van der Waals surface area contributed by atoms with Gasteiger partial charge < -0.3 is 15.7 Å². The number of fused-ring (bicyclic) bond motifs is 1. The zero-order valence-corrected chi connectivity index (χ0v) is 20.1. The topological polar surface area (TPSA) is 95.3 Å². The van der Waals surface area contributed by atoms with Crippen molar-refractivity contribution in [1.29, 1.82) is 0 Å². The van der Waals surface area contributed by atoms with Crippen LogP contribution in [0.1, 0.15) is 43.0 Å². The van der Waals surface area contributed by atoms with Crippen molar-refractivity contribution in [2.75, 3.05) is 25.0 Å². The zero-order chi connectivity index (χ0) is 23.0. The monoisotopic (exact) mass is 468 g/mol. The summed E-state index contributed by atoms with van der Waals surface area (Å²) in [6.45, 7) is 6.88. The van der Waals surface area contributed by atoms with Crippen LogP contribution in [0, 0.1) is 6.92 Å². The fraction of sp³-hybridized carbons (Fsp3) is 0.542. The quantitative estimate of drug-likeness (QED) is 0.494. The van der Waals surface area contributed by atoms with Crippen LogP contribution in [0.15, 0.2) is 29.9 Å². The van der Waals surface area contributed by atoms with Crippen LogP contribution in [0.4, 0.5) is 5.82 Å². The van der Waals surface area contributed by atoms with Crippen molar-refractivity contribution in [3.63, 3.8) is 0 Å². The molecule has 1 saturated heterocycles. The minimum absolute atomic E-state index is 0.00489. The fourth-order valence-corrected chi connectivity index (χ4v) is 5.93. The number of benzene rings is 1. The van der Waals surface area contributed by atoms with E-state index < -0.39 is 5.60 Å². The zero-order valence-electron chi connectivity index (χ0n) is 19.3. The Balaban J connectivity index is 1.08. The number of amides is 1. The van der Waals surface area contributed by atoms with Gasteiger partial charge in [-0.2, -0.15) is 5.10 Å². The summed E-state index contributed by atoms with van der Waals surface area (Å²) < 4.78 is 1.96. The lowest BCUT2D eigenvalue weighted by molar-refractivity contribution is -0.121. The first-order valence-electron chi connectivity index (χ1n) is 11.8. The molecule has 1 aromatic carbocycles. The third kappa shape index (κ3) is 4.49. The van der Waals surface area contributed by atoms with Crippen molar-refractivity contribution in [3.8, 4) is 0 Å². The van der Waals surface area contributed by atoms with Crippen LogP contribution >= 0.6 is 11.3 Å². The molecule has 1 aliphatic carbocycles. The van der Waals surface area contributed by atoms with Gasteiger partial charge in [-0.15, -0.1) is 11.3 Å². The number of aryl methyl sites for hydroxylation is 2. The molecule has 0 unspecified atom stereocenters. The number of rotatable bonds is 7. The van der Waals surface area contributed by atoms with E-state index in [1.165, 1.54) is 16.9 Å². The highest BCUT2D eigenvalue weighted by atomic mass is 32.1. The highest BCUT2D eigenvalue weighted by Gasteiger charge is 2.41. The first kappa shape index (κ1) is 22.3. The Morgan fingerprint density at radius 3 is 2.79 bits per heavy atom. The smallest absolute Gasteiger partial charge is 0.239 e. The number of aliphatic hydroxyl groups is 1. The molecule has 0 atom stereocenters. The predicted molar refractivity (Wildman–Crippen MR) is 130 cm³/mol. The average molecular weight is 469 g/mol. The molecule has 5 rings (SSSR count). The first-order valence-corrected chi connectivity index (χ1v) is 12.7. The number of nitrogens with one attached hydrogen (secondary N) is 2. The van der Waals surface area contributed by atoms with Crippen LogP contribution in [0.2, 0.25) is 0 Å². The second-order valence-electron chi connectivity index (χ2n) is 9.39. The lowest BCUT2D eigenvalue weighted by Crippen LogP contribution is -2.63. The Hall–Kier alpha value is -2.49. The standard InChI is InChI=1S/C24H32N6O2S/c1-3-30-20-5-4-16(2)10-19(20)23(28-30)26-12-22(31)27-17-13-29(14-17)18-6-8-24(32,9-7-18)21-11-25-15-33-21/h4-5,10-11,15,17-18,32H,3,6-9,12-14H2,1-2H3,(H,26,28)(H,27,31)/t18-,24-. The third-order valence-electron chi connectivity index (χ3n) is 7.09. The van der Waals surface area contributed by atoms with Crippen LogP contribution in [0.5, 0.6) is 0 Å². The molecule has 1 saturated carbocycles. The largest absolute Gasteiger partial charge is 0.384 e. The van der Waals surface area contributed by atoms with E-state index in [-0.39, 0.29) is 18.5 Å². The molecule has 176 valence electrons. The number of carbonyl (C=O) groups excluding carboxylic acids is 1. The summed E-state index contributed by atoms with van der Waals surface area (Å²) in [4.78, 5) is 20.1. The van der Waals surface area contributed by atoms with Gasteiger partial charge in [-0.3, -0.25) is 19.4 Å². The molecule has 2 aliphatic rings. The lowest BCUT2D eigenvalue weighted by atomic mass is 9.80. The van der Waals surface area contributed by atoms with Gasteiger partial charge in [0.1, 0.15) is 5.60 Å². The molecule has 3 aromatic rings. The van der Waals surface area contributed by atoms with E-state index in [2.05, 4.69) is 57.7 Å². The minimum Gasteiger partial charge on any atom is -0.384 e. The van der Waals surface area contributed by atoms with Gasteiger partial charge >= 0.3 is 0 Å². The number of aromatic nitrogens is 3. The van der Waals surface area contributed by atoms with Gasteiger partial charge in [0.15, 0.2) is 5.82 Å². The molecule has 2 fully saturated rings. The number of anilines is 1. The highest BCUT2D eigenvalue weighted by molar-refractivity contribution is 7.09. The van der Waals surface area contributed by atoms with E-state index in [0.29, 0.717) is 6.04 Å². The van der Waals surface area contributed by atoms with Gasteiger partial charge in [0.05, 0.1) is 28.5 Å². The van der Waals surface area contributed by atoms with Crippen LogP contribution in [-0.4, -0.2) is 62.4 Å². The number of hydrogen-bond donors (Lipinski definition) is 3. The first-order chi connectivity index (χ1) is 15.9. The van der Waals surface area contributed by atoms with Gasteiger partial charge in [-0.25, -0.2) is 0 Å². The normalized spacial score (nSPS) is 24.0. The number of nitrogens with zero attached hydrogens (tertiary/aromatic N) is 4. The molecule has 1 amide bonds. The number of likely N-dealkylation sites (tertiary alicyclic amines) is 1. The van der Waals surface area contributed by atoms with E-state index >= 15 is 0 Å². The molecule has 0 bridgehead atoms. The summed E-state index contributed by atoms with van der Waals surface area (Å²) in [5, 5.41) is 23.0. The highest BCUT2D eigenvalue weighted by Crippen LogP contribution is 2.40. The summed E-state index contributed by atoms with van der Waals surface area (Å²) in [5.74, 6) is 0.756. The van der Waals surface area contributed by atoms with Crippen LogP contribution in [-0.2, 0) is 16.9 Å². The maximum atomic E-state index is 12.5. The third-order valence-corrected chi connectivity index (χ3v) is 8.05. The maximum absolute atomic E-state index is 12.5. The summed E-state index contributed by atoms with van der Waals surface area (Å²) in [5.41, 5.74) is 3.33. The Bertz CT molecular complexity index is 1110. The number of thiazole rings is 1. The average Bonchev–Trinajstić information content (AvgIpc) is 3.44. The molecular weight excluding hydrogens is 436 g/mol. The molecule has 0 spiro atoms. The van der Waals surface area contributed by atoms with Crippen molar-refractivity contribution >= 4 is 34.0 Å². The minimum atomic E-state index is -0.713. The van der Waals surface area contributed by atoms with E-state index in [0.717, 1.165) is 66.9 Å². The van der Waals surface area contributed by atoms with E-state index in [1.54, 1.807) is 11.7 Å². The number of carbonyl (C=O) groups is 1. The Morgan fingerprint density at radius 1 is 1.30 bits per heavy atom. The van der Waals surface area contributed by atoms with Gasteiger partial charge in [0.2, 0.25) is 5.91 Å². The van der Waals surface area contributed by atoms with E-state index in [4.69, 9.17) is 0 Å². The van der Waals surface area contributed by atoms with Crippen molar-refractivity contribution in [2.45, 2.75) is 63.8 Å². The predicted octanol–water partition coefficient (Wildman–Crippen LogP) is 2.86. The summed E-state index contributed by atoms with van der Waals surface area (Å²) in [6, 6.07) is 6.95. The molecule has 3 heterocycles. The molecule has 0 radical (unpaired) electrons. The van der Waals surface area contributed by atoms with Gasteiger partial charge in [-0.1, -0.05) is 11.6 Å². The summed E-state index contributed by atoms with van der Waals surface area (Å²) >= 11 is 1.54. The summed E-state index contributed by atoms with van der Waals surface area (Å²) in [7, 11) is 0. The lowest BCUT2D eigenvalue weighted by Gasteiger charge is -2.48.